The first-order valence-electron chi connectivity index (χ1n) is 12.0. The molecule has 1 aliphatic heterocycles. The van der Waals surface area contributed by atoms with Gasteiger partial charge in [0.05, 0.1) is 7.11 Å². The molecule has 1 fully saturated rings. The second-order valence-electron chi connectivity index (χ2n) is 8.17. The molecule has 0 radical (unpaired) electrons. The SMILES string of the molecule is CCSNc1ccc(OC)c(/C(=C\C2CCNCC2)c2ccc(C(=O)N(CC)CC)cc2)c1. The number of amides is 1. The van der Waals surface area contributed by atoms with Gasteiger partial charge in [0, 0.05) is 35.7 Å². The van der Waals surface area contributed by atoms with Crippen molar-refractivity contribution < 1.29 is 9.53 Å². The van der Waals surface area contributed by atoms with E-state index in [2.05, 4.69) is 47.3 Å². The van der Waals surface area contributed by atoms with Crippen LogP contribution >= 0.6 is 11.9 Å². The van der Waals surface area contributed by atoms with Crippen LogP contribution in [0.25, 0.3) is 5.57 Å². The van der Waals surface area contributed by atoms with Crippen molar-refractivity contribution in [2.24, 2.45) is 5.92 Å². The van der Waals surface area contributed by atoms with Gasteiger partial charge in [0.2, 0.25) is 0 Å². The Kier molecular flexibility index (Phi) is 9.70. The van der Waals surface area contributed by atoms with Crippen molar-refractivity contribution >= 4 is 29.1 Å². The van der Waals surface area contributed by atoms with E-state index in [4.69, 9.17) is 4.74 Å². The Balaban J connectivity index is 2.02. The van der Waals surface area contributed by atoms with Crippen molar-refractivity contribution in [2.45, 2.75) is 33.6 Å². The Labute approximate surface area is 203 Å². The first-order chi connectivity index (χ1) is 16.1. The van der Waals surface area contributed by atoms with Crippen LogP contribution in [0, 0.1) is 5.92 Å². The van der Waals surface area contributed by atoms with E-state index in [1.165, 1.54) is 0 Å². The van der Waals surface area contributed by atoms with Crippen LogP contribution < -0.4 is 14.8 Å². The minimum absolute atomic E-state index is 0.0794. The summed E-state index contributed by atoms with van der Waals surface area (Å²) in [5, 5.41) is 3.46. The zero-order chi connectivity index (χ0) is 23.6. The number of benzene rings is 2. The molecule has 5 nitrogen and oxygen atoms in total. The van der Waals surface area contributed by atoms with E-state index in [1.54, 1.807) is 19.1 Å². The second kappa shape index (κ2) is 12.7. The number of nitrogens with zero attached hydrogens (tertiary/aromatic N) is 1. The molecule has 0 bridgehead atoms. The summed E-state index contributed by atoms with van der Waals surface area (Å²) in [7, 11) is 1.72. The standard InChI is InChI=1S/C27H37N3O2S/c1-5-30(6-2)27(31)22-10-8-21(9-11-22)24(18-20-14-16-28-17-15-20)25-19-23(29-33-7-3)12-13-26(25)32-4/h8-13,18-20,28-29H,5-7,14-17H2,1-4H3/b24-18-. The highest BCUT2D eigenvalue weighted by Crippen LogP contribution is 2.36. The van der Waals surface area contributed by atoms with Gasteiger partial charge in [0.1, 0.15) is 5.75 Å². The monoisotopic (exact) mass is 467 g/mol. The molecule has 2 aromatic carbocycles. The average molecular weight is 468 g/mol. The number of carbonyl (C=O) groups is 1. The lowest BCUT2D eigenvalue weighted by atomic mass is 9.89. The minimum atomic E-state index is 0.0794. The Morgan fingerprint density at radius 1 is 1.09 bits per heavy atom. The van der Waals surface area contributed by atoms with Gasteiger partial charge >= 0.3 is 0 Å². The maximum Gasteiger partial charge on any atom is 0.253 e. The van der Waals surface area contributed by atoms with Crippen LogP contribution in [0.3, 0.4) is 0 Å². The van der Waals surface area contributed by atoms with Crippen LogP contribution in [0.15, 0.2) is 48.5 Å². The molecule has 0 unspecified atom stereocenters. The topological polar surface area (TPSA) is 53.6 Å². The first-order valence-corrected chi connectivity index (χ1v) is 13.0. The predicted molar refractivity (Wildman–Crippen MR) is 141 cm³/mol. The molecule has 0 spiro atoms. The summed E-state index contributed by atoms with van der Waals surface area (Å²) in [5.74, 6) is 2.42. The normalized spacial score (nSPS) is 14.7. The van der Waals surface area contributed by atoms with Gasteiger partial charge in [-0.1, -0.05) is 37.1 Å². The second-order valence-corrected chi connectivity index (χ2v) is 9.24. The van der Waals surface area contributed by atoms with Gasteiger partial charge in [0.25, 0.3) is 5.91 Å². The lowest BCUT2D eigenvalue weighted by Crippen LogP contribution is -2.30. The van der Waals surface area contributed by atoms with Crippen molar-refractivity contribution in [2.75, 3.05) is 43.8 Å². The molecular weight excluding hydrogens is 430 g/mol. The molecule has 3 rings (SSSR count). The van der Waals surface area contributed by atoms with Gasteiger partial charge in [-0.2, -0.15) is 0 Å². The molecule has 178 valence electrons. The van der Waals surface area contributed by atoms with Crippen molar-refractivity contribution in [3.8, 4) is 5.75 Å². The number of allylic oxidation sites excluding steroid dienone is 1. The summed E-state index contributed by atoms with van der Waals surface area (Å²) in [5.41, 5.74) is 5.11. The van der Waals surface area contributed by atoms with Crippen molar-refractivity contribution in [1.82, 2.24) is 10.2 Å². The number of hydrogen-bond acceptors (Lipinski definition) is 5. The molecule has 1 amide bonds. The molecule has 1 saturated heterocycles. The van der Waals surface area contributed by atoms with Crippen LogP contribution in [-0.4, -0.2) is 49.8 Å². The number of ether oxygens (including phenoxy) is 1. The number of methoxy groups -OCH3 is 1. The molecular formula is C27H37N3O2S. The highest BCUT2D eigenvalue weighted by molar-refractivity contribution is 8.00. The van der Waals surface area contributed by atoms with Crippen molar-refractivity contribution in [3.05, 3.63) is 65.2 Å². The quantitative estimate of drug-likeness (QED) is 0.440. The number of anilines is 1. The molecule has 2 N–H and O–H groups in total. The lowest BCUT2D eigenvalue weighted by molar-refractivity contribution is 0.0773. The van der Waals surface area contributed by atoms with Crippen LogP contribution in [-0.2, 0) is 0 Å². The molecule has 33 heavy (non-hydrogen) atoms. The maximum atomic E-state index is 12.8. The zero-order valence-electron chi connectivity index (χ0n) is 20.3. The van der Waals surface area contributed by atoms with Gasteiger partial charge in [0.15, 0.2) is 0 Å². The van der Waals surface area contributed by atoms with Gasteiger partial charge in [-0.05, 0) is 87.2 Å². The molecule has 1 heterocycles. The average Bonchev–Trinajstić information content (AvgIpc) is 2.87. The van der Waals surface area contributed by atoms with Gasteiger partial charge in [-0.3, -0.25) is 4.79 Å². The fourth-order valence-electron chi connectivity index (χ4n) is 4.21. The summed E-state index contributed by atoms with van der Waals surface area (Å²) in [6, 6.07) is 14.3. The van der Waals surface area contributed by atoms with E-state index in [9.17, 15) is 4.79 Å². The van der Waals surface area contributed by atoms with Crippen LogP contribution in [0.5, 0.6) is 5.75 Å². The van der Waals surface area contributed by atoms with E-state index < -0.39 is 0 Å². The lowest BCUT2D eigenvalue weighted by Gasteiger charge is -2.23. The molecule has 6 heteroatoms. The smallest absolute Gasteiger partial charge is 0.253 e. The zero-order valence-corrected chi connectivity index (χ0v) is 21.1. The fraction of sp³-hybridized carbons (Fsp3) is 0.444. The molecule has 0 saturated carbocycles. The van der Waals surface area contributed by atoms with Gasteiger partial charge in [-0.15, -0.1) is 0 Å². The highest BCUT2D eigenvalue weighted by atomic mass is 32.2. The number of nitrogens with one attached hydrogen (secondary N) is 2. The fourth-order valence-corrected chi connectivity index (χ4v) is 4.65. The minimum Gasteiger partial charge on any atom is -0.496 e. The third-order valence-electron chi connectivity index (χ3n) is 6.10. The summed E-state index contributed by atoms with van der Waals surface area (Å²) in [6.45, 7) is 9.66. The molecule has 0 aromatic heterocycles. The summed E-state index contributed by atoms with van der Waals surface area (Å²) in [4.78, 5) is 14.6. The number of hydrogen-bond donors (Lipinski definition) is 2. The number of piperidine rings is 1. The van der Waals surface area contributed by atoms with Gasteiger partial charge in [-0.25, -0.2) is 0 Å². The molecule has 1 aliphatic rings. The number of carbonyl (C=O) groups excluding carboxylic acids is 1. The van der Waals surface area contributed by atoms with E-state index in [0.717, 1.165) is 65.4 Å². The third-order valence-corrected chi connectivity index (χ3v) is 6.77. The number of rotatable bonds is 10. The van der Waals surface area contributed by atoms with E-state index in [1.807, 2.05) is 36.9 Å². The Morgan fingerprint density at radius 2 is 1.76 bits per heavy atom. The maximum absolute atomic E-state index is 12.8. The third kappa shape index (κ3) is 6.55. The highest BCUT2D eigenvalue weighted by Gasteiger charge is 2.18. The largest absolute Gasteiger partial charge is 0.496 e. The van der Waals surface area contributed by atoms with E-state index in [-0.39, 0.29) is 5.91 Å². The predicted octanol–water partition coefficient (Wildman–Crippen LogP) is 5.69. The molecule has 0 atom stereocenters. The van der Waals surface area contributed by atoms with Crippen LogP contribution in [0.4, 0.5) is 5.69 Å². The Morgan fingerprint density at radius 3 is 2.36 bits per heavy atom. The van der Waals surface area contributed by atoms with Crippen LogP contribution in [0.1, 0.15) is 55.1 Å². The van der Waals surface area contributed by atoms with Crippen molar-refractivity contribution in [3.63, 3.8) is 0 Å². The summed E-state index contributed by atoms with van der Waals surface area (Å²) < 4.78 is 9.19. The van der Waals surface area contributed by atoms with E-state index >= 15 is 0 Å². The van der Waals surface area contributed by atoms with Crippen molar-refractivity contribution in [1.29, 1.82) is 0 Å². The van der Waals surface area contributed by atoms with Crippen LogP contribution in [0.2, 0.25) is 0 Å². The van der Waals surface area contributed by atoms with E-state index in [0.29, 0.717) is 19.0 Å². The Bertz CT molecular complexity index is 933. The summed E-state index contributed by atoms with van der Waals surface area (Å²) in [6.07, 6.45) is 4.64. The molecule has 2 aromatic rings. The Hall–Kier alpha value is -2.44. The molecule has 0 aliphatic carbocycles. The van der Waals surface area contributed by atoms with Gasteiger partial charge < -0.3 is 19.7 Å². The summed E-state index contributed by atoms with van der Waals surface area (Å²) >= 11 is 1.68. The first kappa shape index (κ1) is 25.2.